The molecule has 0 heterocycles. The minimum Gasteiger partial charge on any atom is -0.495 e. The lowest BCUT2D eigenvalue weighted by molar-refractivity contribution is 0.224. The third-order valence-corrected chi connectivity index (χ3v) is 5.21. The van der Waals surface area contributed by atoms with Gasteiger partial charge >= 0.3 is 0 Å². The van der Waals surface area contributed by atoms with Gasteiger partial charge in [-0.1, -0.05) is 41.9 Å². The van der Waals surface area contributed by atoms with Gasteiger partial charge in [-0.15, -0.1) is 0 Å². The second-order valence-electron chi connectivity index (χ2n) is 6.36. The second-order valence-corrected chi connectivity index (χ2v) is 6.77. The van der Waals surface area contributed by atoms with Crippen molar-refractivity contribution in [2.75, 3.05) is 20.7 Å². The number of benzene rings is 2. The summed E-state index contributed by atoms with van der Waals surface area (Å²) in [7, 11) is 3.89. The Morgan fingerprint density at radius 3 is 2.70 bits per heavy atom. The van der Waals surface area contributed by atoms with Gasteiger partial charge in [0.2, 0.25) is 0 Å². The van der Waals surface area contributed by atoms with Crippen LogP contribution in [0.4, 0.5) is 0 Å². The lowest BCUT2D eigenvalue weighted by Gasteiger charge is -2.32. The molecule has 0 bridgehead atoms. The van der Waals surface area contributed by atoms with E-state index in [9.17, 15) is 0 Å². The SMILES string of the molecule is COc1ccc(CCN(C)[C@H]2CCc3ccccc3C2)cc1Cl. The van der Waals surface area contributed by atoms with E-state index in [0.29, 0.717) is 11.1 Å². The average Bonchev–Trinajstić information content (AvgIpc) is 2.59. The molecular weight excluding hydrogens is 306 g/mol. The first-order valence-electron chi connectivity index (χ1n) is 8.27. The van der Waals surface area contributed by atoms with E-state index in [1.807, 2.05) is 12.1 Å². The fourth-order valence-electron chi connectivity index (χ4n) is 3.41. The molecule has 1 atom stereocenters. The Morgan fingerprint density at radius 2 is 1.96 bits per heavy atom. The van der Waals surface area contributed by atoms with Crippen LogP contribution in [-0.4, -0.2) is 31.6 Å². The lowest BCUT2D eigenvalue weighted by atomic mass is 9.87. The van der Waals surface area contributed by atoms with E-state index in [1.165, 1.54) is 29.5 Å². The van der Waals surface area contributed by atoms with Crippen molar-refractivity contribution in [3.05, 3.63) is 64.2 Å². The first-order valence-corrected chi connectivity index (χ1v) is 8.64. The quantitative estimate of drug-likeness (QED) is 0.807. The lowest BCUT2D eigenvalue weighted by Crippen LogP contribution is -2.37. The van der Waals surface area contributed by atoms with Crippen molar-refractivity contribution in [1.82, 2.24) is 4.90 Å². The smallest absolute Gasteiger partial charge is 0.137 e. The maximum Gasteiger partial charge on any atom is 0.137 e. The molecular formula is C20H24ClNO. The summed E-state index contributed by atoms with van der Waals surface area (Å²) in [5, 5.41) is 0.694. The minimum atomic E-state index is 0.638. The predicted octanol–water partition coefficient (Wildman–Crippen LogP) is 4.38. The van der Waals surface area contributed by atoms with Crippen LogP contribution in [0.25, 0.3) is 0 Å². The molecule has 0 radical (unpaired) electrons. The number of hydrogen-bond donors (Lipinski definition) is 0. The van der Waals surface area contributed by atoms with Crippen molar-refractivity contribution < 1.29 is 4.74 Å². The summed E-state index contributed by atoms with van der Waals surface area (Å²) in [5.74, 6) is 0.743. The molecule has 0 N–H and O–H groups in total. The van der Waals surface area contributed by atoms with E-state index in [1.54, 1.807) is 7.11 Å². The minimum absolute atomic E-state index is 0.638. The molecule has 0 amide bonds. The van der Waals surface area contributed by atoms with Gasteiger partial charge < -0.3 is 9.64 Å². The molecule has 23 heavy (non-hydrogen) atoms. The maximum atomic E-state index is 6.21. The van der Waals surface area contributed by atoms with Gasteiger partial charge in [0.05, 0.1) is 12.1 Å². The third-order valence-electron chi connectivity index (χ3n) is 4.91. The summed E-state index contributed by atoms with van der Waals surface area (Å²) in [6.07, 6.45) is 4.62. The van der Waals surface area contributed by atoms with E-state index in [2.05, 4.69) is 42.3 Å². The number of nitrogens with zero attached hydrogens (tertiary/aromatic N) is 1. The summed E-state index contributed by atoms with van der Waals surface area (Å²) < 4.78 is 5.21. The molecule has 2 aromatic carbocycles. The van der Waals surface area contributed by atoms with E-state index >= 15 is 0 Å². The first-order chi connectivity index (χ1) is 11.2. The molecule has 3 heteroatoms. The molecule has 0 spiro atoms. The summed E-state index contributed by atoms with van der Waals surface area (Å²) in [6, 6.07) is 15.6. The number of aryl methyl sites for hydroxylation is 1. The van der Waals surface area contributed by atoms with Crippen LogP contribution in [-0.2, 0) is 19.3 Å². The number of halogens is 1. The highest BCUT2D eigenvalue weighted by atomic mass is 35.5. The fourth-order valence-corrected chi connectivity index (χ4v) is 3.69. The van der Waals surface area contributed by atoms with Crippen LogP contribution in [0.1, 0.15) is 23.1 Å². The normalized spacial score (nSPS) is 17.1. The number of likely N-dealkylation sites (N-methyl/N-ethyl adjacent to an activating group) is 1. The molecule has 122 valence electrons. The van der Waals surface area contributed by atoms with Crippen LogP contribution >= 0.6 is 11.6 Å². The Morgan fingerprint density at radius 1 is 1.17 bits per heavy atom. The highest BCUT2D eigenvalue weighted by Gasteiger charge is 2.21. The summed E-state index contributed by atoms with van der Waals surface area (Å²) in [6.45, 7) is 1.05. The topological polar surface area (TPSA) is 12.5 Å². The van der Waals surface area contributed by atoms with E-state index in [-0.39, 0.29) is 0 Å². The van der Waals surface area contributed by atoms with Gasteiger partial charge in [0.1, 0.15) is 5.75 Å². The van der Waals surface area contributed by atoms with Crippen LogP contribution in [0, 0.1) is 0 Å². The second kappa shape index (κ2) is 7.37. The third kappa shape index (κ3) is 3.88. The van der Waals surface area contributed by atoms with Crippen LogP contribution < -0.4 is 4.74 Å². The largest absolute Gasteiger partial charge is 0.495 e. The van der Waals surface area contributed by atoms with Gasteiger partial charge in [-0.3, -0.25) is 0 Å². The van der Waals surface area contributed by atoms with Crippen LogP contribution in [0.15, 0.2) is 42.5 Å². The highest BCUT2D eigenvalue weighted by Crippen LogP contribution is 2.26. The maximum absolute atomic E-state index is 6.21. The van der Waals surface area contributed by atoms with Gasteiger partial charge in [0.25, 0.3) is 0 Å². The Kier molecular flexibility index (Phi) is 5.24. The van der Waals surface area contributed by atoms with E-state index < -0.39 is 0 Å². The van der Waals surface area contributed by atoms with Gasteiger partial charge in [-0.05, 0) is 61.6 Å². The first kappa shape index (κ1) is 16.4. The molecule has 0 saturated heterocycles. The summed E-state index contributed by atoms with van der Waals surface area (Å²) in [5.41, 5.74) is 4.31. The molecule has 0 saturated carbocycles. The van der Waals surface area contributed by atoms with Gasteiger partial charge in [-0.25, -0.2) is 0 Å². The average molecular weight is 330 g/mol. The Labute approximate surface area is 144 Å². The molecule has 0 fully saturated rings. The molecule has 1 aliphatic carbocycles. The number of hydrogen-bond acceptors (Lipinski definition) is 2. The monoisotopic (exact) mass is 329 g/mol. The van der Waals surface area contributed by atoms with Gasteiger partial charge in [0, 0.05) is 12.6 Å². The molecule has 0 unspecified atom stereocenters. The van der Waals surface area contributed by atoms with Crippen molar-refractivity contribution in [2.45, 2.75) is 31.7 Å². The molecule has 2 aromatic rings. The molecule has 0 aliphatic heterocycles. The zero-order chi connectivity index (χ0) is 16.2. The number of rotatable bonds is 5. The van der Waals surface area contributed by atoms with Crippen LogP contribution in [0.3, 0.4) is 0 Å². The van der Waals surface area contributed by atoms with Gasteiger partial charge in [0.15, 0.2) is 0 Å². The van der Waals surface area contributed by atoms with Crippen LogP contribution in [0.5, 0.6) is 5.75 Å². The Balaban J connectivity index is 1.58. The van der Waals surface area contributed by atoms with E-state index in [4.69, 9.17) is 16.3 Å². The molecule has 2 nitrogen and oxygen atoms in total. The zero-order valence-electron chi connectivity index (χ0n) is 13.9. The molecule has 1 aliphatic rings. The standard InChI is InChI=1S/C20H24ClNO/c1-22(12-11-15-7-10-20(23-2)19(21)13-15)18-9-8-16-5-3-4-6-17(16)14-18/h3-7,10,13,18H,8-9,11-12,14H2,1-2H3/t18-/m0/s1. The Bertz CT molecular complexity index is 670. The zero-order valence-corrected chi connectivity index (χ0v) is 14.6. The summed E-state index contributed by atoms with van der Waals surface area (Å²) in [4.78, 5) is 2.49. The number of methoxy groups -OCH3 is 1. The molecule has 3 rings (SSSR count). The van der Waals surface area contributed by atoms with Crippen molar-refractivity contribution in [2.24, 2.45) is 0 Å². The van der Waals surface area contributed by atoms with Crippen molar-refractivity contribution >= 4 is 11.6 Å². The van der Waals surface area contributed by atoms with Crippen molar-refractivity contribution in [1.29, 1.82) is 0 Å². The Hall–Kier alpha value is -1.51. The number of fused-ring (bicyclic) bond motifs is 1. The highest BCUT2D eigenvalue weighted by molar-refractivity contribution is 6.32. The van der Waals surface area contributed by atoms with Crippen LogP contribution in [0.2, 0.25) is 5.02 Å². The number of ether oxygens (including phenoxy) is 1. The summed E-state index contributed by atoms with van der Waals surface area (Å²) >= 11 is 6.21. The van der Waals surface area contributed by atoms with Crippen molar-refractivity contribution in [3.63, 3.8) is 0 Å². The van der Waals surface area contributed by atoms with Crippen molar-refractivity contribution in [3.8, 4) is 5.75 Å². The predicted molar refractivity (Wildman–Crippen MR) is 96.6 cm³/mol. The van der Waals surface area contributed by atoms with Gasteiger partial charge in [-0.2, -0.15) is 0 Å². The van der Waals surface area contributed by atoms with E-state index in [0.717, 1.165) is 25.1 Å². The molecule has 0 aromatic heterocycles. The fraction of sp³-hybridized carbons (Fsp3) is 0.400.